The number of sulfone groups is 1. The first-order valence-corrected chi connectivity index (χ1v) is 14.7. The summed E-state index contributed by atoms with van der Waals surface area (Å²) in [6.07, 6.45) is 8.02. The summed E-state index contributed by atoms with van der Waals surface area (Å²) in [5.74, 6) is 3.18. The fourth-order valence-corrected chi connectivity index (χ4v) is 6.18. The van der Waals surface area contributed by atoms with Crippen LogP contribution in [-0.4, -0.2) is 68.0 Å². The molecule has 10 heteroatoms. The number of nitrogens with one attached hydrogen (secondary N) is 1. The topological polar surface area (TPSA) is 78.4 Å². The van der Waals surface area contributed by atoms with E-state index in [1.54, 1.807) is 12.3 Å². The van der Waals surface area contributed by atoms with Gasteiger partial charge in [-0.2, -0.15) is 0 Å². The highest BCUT2D eigenvalue weighted by Crippen LogP contribution is 2.34. The van der Waals surface area contributed by atoms with Crippen LogP contribution in [-0.2, 0) is 9.84 Å². The summed E-state index contributed by atoms with van der Waals surface area (Å²) >= 11 is 12.4. The molecule has 1 aromatic carbocycles. The molecule has 0 radical (unpaired) electrons. The highest BCUT2D eigenvalue weighted by atomic mass is 35.5. The van der Waals surface area contributed by atoms with E-state index >= 15 is 0 Å². The van der Waals surface area contributed by atoms with E-state index in [0.29, 0.717) is 27.7 Å². The van der Waals surface area contributed by atoms with Gasteiger partial charge in [0.15, 0.2) is 0 Å². The summed E-state index contributed by atoms with van der Waals surface area (Å²) in [5.41, 5.74) is 0.959. The van der Waals surface area contributed by atoms with Crippen molar-refractivity contribution in [1.29, 1.82) is 0 Å². The summed E-state index contributed by atoms with van der Waals surface area (Å²) in [7, 11) is -2.88. The molecule has 0 amide bonds. The lowest BCUT2D eigenvalue weighted by molar-refractivity contribution is 0.120. The molecule has 1 N–H and O–H groups in total. The number of hydrogen-bond donors (Lipinski definition) is 1. The van der Waals surface area contributed by atoms with Crippen molar-refractivity contribution < 1.29 is 8.42 Å². The maximum atomic E-state index is 11.4. The van der Waals surface area contributed by atoms with E-state index in [4.69, 9.17) is 28.2 Å². The second kappa shape index (κ2) is 11.0. The van der Waals surface area contributed by atoms with Gasteiger partial charge in [0.05, 0.1) is 24.2 Å². The van der Waals surface area contributed by atoms with Gasteiger partial charge < -0.3 is 15.1 Å². The highest BCUT2D eigenvalue weighted by molar-refractivity contribution is 7.90. The number of anilines is 2. The maximum absolute atomic E-state index is 11.4. The van der Waals surface area contributed by atoms with Gasteiger partial charge in [-0.15, -0.1) is 0 Å². The first-order valence-electron chi connectivity index (χ1n) is 11.9. The van der Waals surface area contributed by atoms with Gasteiger partial charge in [-0.05, 0) is 68.8 Å². The van der Waals surface area contributed by atoms with Crippen molar-refractivity contribution in [3.8, 4) is 0 Å². The van der Waals surface area contributed by atoms with Crippen LogP contribution in [0.1, 0.15) is 37.8 Å². The van der Waals surface area contributed by atoms with E-state index in [0.717, 1.165) is 50.5 Å². The van der Waals surface area contributed by atoms with E-state index in [1.165, 1.54) is 19.1 Å². The van der Waals surface area contributed by atoms with Crippen molar-refractivity contribution in [1.82, 2.24) is 14.9 Å². The lowest BCUT2D eigenvalue weighted by Gasteiger charge is -2.47. The van der Waals surface area contributed by atoms with Crippen LogP contribution in [0.25, 0.3) is 0 Å². The summed E-state index contributed by atoms with van der Waals surface area (Å²) in [6, 6.07) is 5.47. The average molecular weight is 527 g/mol. The number of likely N-dealkylation sites (tertiary alicyclic amines) is 1. The van der Waals surface area contributed by atoms with E-state index in [2.05, 4.69) is 20.1 Å². The zero-order valence-corrected chi connectivity index (χ0v) is 22.1. The van der Waals surface area contributed by atoms with Crippen molar-refractivity contribution in [2.45, 2.75) is 32.2 Å². The number of benzene rings is 1. The second-order valence-corrected chi connectivity index (χ2v) is 12.7. The predicted molar refractivity (Wildman–Crippen MR) is 140 cm³/mol. The average Bonchev–Trinajstić information content (AvgIpc) is 2.72. The molecule has 4 rings (SSSR count). The number of hydrogen-bond acceptors (Lipinski definition) is 7. The van der Waals surface area contributed by atoms with Crippen molar-refractivity contribution >= 4 is 44.7 Å². The smallest absolute Gasteiger partial charge is 0.149 e. The fraction of sp³-hybridized carbons (Fsp3) is 0.583. The SMILES string of the molecule is C[C@@H](Nc1cncc(N2CC([C@@H]3CCCN(CCCS(C)(=O)=O)C3)C2)n1)c1ccc(Cl)cc1Cl. The molecule has 2 aliphatic rings. The molecular weight excluding hydrogens is 493 g/mol. The number of rotatable bonds is 9. The van der Waals surface area contributed by atoms with Crippen molar-refractivity contribution in [3.63, 3.8) is 0 Å². The summed E-state index contributed by atoms with van der Waals surface area (Å²) in [5, 5.41) is 4.64. The Hall–Kier alpha value is -1.61. The molecule has 0 aliphatic carbocycles. The van der Waals surface area contributed by atoms with Crippen LogP contribution < -0.4 is 10.2 Å². The Balaban J connectivity index is 1.28. The maximum Gasteiger partial charge on any atom is 0.149 e. The Morgan fingerprint density at radius 1 is 1.18 bits per heavy atom. The minimum absolute atomic E-state index is 0.0330. The van der Waals surface area contributed by atoms with Crippen LogP contribution in [0.2, 0.25) is 10.0 Å². The summed E-state index contributed by atoms with van der Waals surface area (Å²) in [6.45, 7) is 7.01. The number of aromatic nitrogens is 2. The Labute approximate surface area is 212 Å². The first-order chi connectivity index (χ1) is 16.2. The van der Waals surface area contributed by atoms with Gasteiger partial charge in [-0.1, -0.05) is 29.3 Å². The monoisotopic (exact) mass is 525 g/mol. The molecule has 2 saturated heterocycles. The van der Waals surface area contributed by atoms with Gasteiger partial charge in [-0.25, -0.2) is 13.4 Å². The third-order valence-corrected chi connectivity index (χ3v) is 8.44. The van der Waals surface area contributed by atoms with Gasteiger partial charge in [0.2, 0.25) is 0 Å². The molecule has 2 aromatic rings. The van der Waals surface area contributed by atoms with Crippen LogP contribution in [0.4, 0.5) is 11.6 Å². The molecule has 7 nitrogen and oxygen atoms in total. The van der Waals surface area contributed by atoms with Crippen LogP contribution in [0.3, 0.4) is 0 Å². The fourth-order valence-electron chi connectivity index (χ4n) is 4.96. The zero-order valence-electron chi connectivity index (χ0n) is 19.8. The summed E-state index contributed by atoms with van der Waals surface area (Å²) in [4.78, 5) is 13.9. The van der Waals surface area contributed by atoms with Crippen molar-refractivity contribution in [3.05, 3.63) is 46.2 Å². The van der Waals surface area contributed by atoms with Gasteiger partial charge in [-0.3, -0.25) is 4.98 Å². The Bertz CT molecular complexity index is 1090. The largest absolute Gasteiger partial charge is 0.362 e. The van der Waals surface area contributed by atoms with Crippen LogP contribution >= 0.6 is 23.2 Å². The molecular formula is C24H33Cl2N5O2S. The molecule has 2 fully saturated rings. The number of piperidine rings is 1. The van der Waals surface area contributed by atoms with E-state index in [9.17, 15) is 8.42 Å². The molecule has 3 heterocycles. The standard InChI is InChI=1S/C24H33Cl2N5O2S/c1-17(21-7-6-20(25)11-22(21)26)28-23-12-27-13-24(29-23)31-15-19(16-31)18-5-3-8-30(14-18)9-4-10-34(2,32)33/h6-7,11-13,17-19H,3-5,8-10,14-16H2,1-2H3,(H,28,29)/t17-,18-/m1/s1. The Kier molecular flexibility index (Phi) is 8.23. The third kappa shape index (κ3) is 6.74. The molecule has 0 bridgehead atoms. The normalized spacial score (nSPS) is 20.7. The van der Waals surface area contributed by atoms with Crippen LogP contribution in [0, 0.1) is 11.8 Å². The quantitative estimate of drug-likeness (QED) is 0.514. The molecule has 0 spiro atoms. The minimum Gasteiger partial charge on any atom is -0.362 e. The lowest BCUT2D eigenvalue weighted by Crippen LogP contribution is -2.54. The zero-order chi connectivity index (χ0) is 24.3. The molecule has 1 aromatic heterocycles. The Morgan fingerprint density at radius 3 is 2.71 bits per heavy atom. The number of halogens is 2. The van der Waals surface area contributed by atoms with Gasteiger partial charge in [0.25, 0.3) is 0 Å². The summed E-state index contributed by atoms with van der Waals surface area (Å²) < 4.78 is 22.8. The van der Waals surface area contributed by atoms with Crippen molar-refractivity contribution in [2.24, 2.45) is 11.8 Å². The van der Waals surface area contributed by atoms with E-state index < -0.39 is 9.84 Å². The van der Waals surface area contributed by atoms with Gasteiger partial charge in [0.1, 0.15) is 21.5 Å². The predicted octanol–water partition coefficient (Wildman–Crippen LogP) is 4.54. The first kappa shape index (κ1) is 25.5. The molecule has 2 aliphatic heterocycles. The highest BCUT2D eigenvalue weighted by Gasteiger charge is 2.36. The second-order valence-electron chi connectivity index (χ2n) is 9.65. The van der Waals surface area contributed by atoms with E-state index in [-0.39, 0.29) is 11.8 Å². The van der Waals surface area contributed by atoms with E-state index in [1.807, 2.05) is 25.3 Å². The van der Waals surface area contributed by atoms with Gasteiger partial charge >= 0.3 is 0 Å². The molecule has 0 saturated carbocycles. The van der Waals surface area contributed by atoms with Crippen LogP contribution in [0.5, 0.6) is 0 Å². The van der Waals surface area contributed by atoms with Crippen molar-refractivity contribution in [2.75, 3.05) is 54.9 Å². The van der Waals surface area contributed by atoms with Crippen LogP contribution in [0.15, 0.2) is 30.6 Å². The molecule has 0 unspecified atom stereocenters. The molecule has 34 heavy (non-hydrogen) atoms. The molecule has 2 atom stereocenters. The lowest BCUT2D eigenvalue weighted by atomic mass is 9.80. The number of nitrogens with zero attached hydrogens (tertiary/aromatic N) is 4. The molecule has 186 valence electrons. The Morgan fingerprint density at radius 2 is 1.97 bits per heavy atom. The third-order valence-electron chi connectivity index (χ3n) is 6.85. The minimum atomic E-state index is -2.88. The van der Waals surface area contributed by atoms with Gasteiger partial charge in [0, 0.05) is 35.9 Å².